The first kappa shape index (κ1) is 11.9. The maximum Gasteiger partial charge on any atom is 0.295 e. The Morgan fingerprint density at radius 1 is 1.59 bits per heavy atom. The van der Waals surface area contributed by atoms with Crippen LogP contribution in [0.4, 0.5) is 5.82 Å². The van der Waals surface area contributed by atoms with Gasteiger partial charge in [-0.15, -0.1) is 0 Å². The average Bonchev–Trinajstić information content (AvgIpc) is 2.79. The molecular formula is C11H17N3O3. The molecule has 1 heterocycles. The molecule has 1 aromatic heterocycles. The lowest BCUT2D eigenvalue weighted by Crippen LogP contribution is -2.39. The minimum atomic E-state index is -0.367. The zero-order valence-electron chi connectivity index (χ0n) is 9.82. The maximum absolute atomic E-state index is 11.5. The summed E-state index contributed by atoms with van der Waals surface area (Å²) in [5, 5.41) is 12.7. The monoisotopic (exact) mass is 239 g/mol. The maximum atomic E-state index is 11.5. The Balaban J connectivity index is 2.29. The van der Waals surface area contributed by atoms with Crippen molar-refractivity contribution in [1.82, 2.24) is 9.97 Å². The molecule has 1 saturated carbocycles. The Bertz CT molecular complexity index is 438. The molecule has 2 rings (SSSR count). The van der Waals surface area contributed by atoms with Gasteiger partial charge >= 0.3 is 0 Å². The topological polar surface area (TPSA) is 87.2 Å². The van der Waals surface area contributed by atoms with E-state index in [4.69, 9.17) is 4.74 Å². The number of nitrogens with one attached hydrogen (secondary N) is 2. The van der Waals surface area contributed by atoms with Gasteiger partial charge in [0.15, 0.2) is 5.82 Å². The lowest BCUT2D eigenvalue weighted by Gasteiger charge is -2.28. The van der Waals surface area contributed by atoms with Crippen molar-refractivity contribution >= 4 is 5.82 Å². The number of methoxy groups -OCH3 is 1. The van der Waals surface area contributed by atoms with Crippen molar-refractivity contribution in [1.29, 1.82) is 0 Å². The molecule has 0 aliphatic heterocycles. The Morgan fingerprint density at radius 3 is 2.88 bits per heavy atom. The highest BCUT2D eigenvalue weighted by molar-refractivity contribution is 5.50. The molecule has 1 aliphatic carbocycles. The Labute approximate surface area is 99.0 Å². The van der Waals surface area contributed by atoms with Crippen molar-refractivity contribution in [2.24, 2.45) is 0 Å². The molecular weight excluding hydrogens is 222 g/mol. The highest BCUT2D eigenvalue weighted by Gasteiger charge is 2.34. The lowest BCUT2D eigenvalue weighted by atomic mass is 9.99. The molecule has 0 atom stereocenters. The van der Waals surface area contributed by atoms with E-state index in [1.807, 2.05) is 0 Å². The number of nitrogens with zero attached hydrogens (tertiary/aromatic N) is 1. The molecule has 94 valence electrons. The second-order valence-electron chi connectivity index (χ2n) is 4.38. The second-order valence-corrected chi connectivity index (χ2v) is 4.38. The zero-order valence-corrected chi connectivity index (χ0v) is 9.82. The van der Waals surface area contributed by atoms with E-state index in [1.165, 1.54) is 13.4 Å². The summed E-state index contributed by atoms with van der Waals surface area (Å²) in [5.74, 6) is 0.555. The van der Waals surface area contributed by atoms with E-state index in [0.717, 1.165) is 25.7 Å². The molecule has 0 amide bonds. The van der Waals surface area contributed by atoms with Crippen molar-refractivity contribution in [2.75, 3.05) is 19.0 Å². The van der Waals surface area contributed by atoms with Crippen LogP contribution < -0.4 is 15.6 Å². The fourth-order valence-electron chi connectivity index (χ4n) is 2.29. The number of rotatable bonds is 4. The van der Waals surface area contributed by atoms with E-state index in [0.29, 0.717) is 5.82 Å². The van der Waals surface area contributed by atoms with Crippen LogP contribution in [-0.2, 0) is 0 Å². The summed E-state index contributed by atoms with van der Waals surface area (Å²) in [4.78, 5) is 18.0. The molecule has 0 bridgehead atoms. The number of aliphatic hydroxyl groups excluding tert-OH is 1. The molecule has 17 heavy (non-hydrogen) atoms. The van der Waals surface area contributed by atoms with Crippen molar-refractivity contribution in [3.05, 3.63) is 16.7 Å². The summed E-state index contributed by atoms with van der Waals surface area (Å²) in [6, 6.07) is 0. The summed E-state index contributed by atoms with van der Waals surface area (Å²) in [7, 11) is 1.43. The molecule has 1 fully saturated rings. The largest absolute Gasteiger partial charge is 0.489 e. The Kier molecular flexibility index (Phi) is 3.33. The van der Waals surface area contributed by atoms with Gasteiger partial charge in [-0.2, -0.15) is 0 Å². The fraction of sp³-hybridized carbons (Fsp3) is 0.636. The molecule has 3 N–H and O–H groups in total. The summed E-state index contributed by atoms with van der Waals surface area (Å²) < 4.78 is 5.03. The first-order valence-electron chi connectivity index (χ1n) is 5.71. The molecule has 0 aromatic carbocycles. The Morgan fingerprint density at radius 2 is 2.29 bits per heavy atom. The van der Waals surface area contributed by atoms with E-state index >= 15 is 0 Å². The summed E-state index contributed by atoms with van der Waals surface area (Å²) >= 11 is 0. The number of hydrogen-bond donors (Lipinski definition) is 3. The number of aliphatic hydroxyl groups is 1. The van der Waals surface area contributed by atoms with Crippen LogP contribution in [-0.4, -0.2) is 34.3 Å². The van der Waals surface area contributed by atoms with Gasteiger partial charge in [-0.05, 0) is 12.8 Å². The predicted octanol–water partition coefficient (Wildman–Crippen LogP) is 0.495. The average molecular weight is 239 g/mol. The minimum Gasteiger partial charge on any atom is -0.489 e. The number of aromatic amines is 1. The fourth-order valence-corrected chi connectivity index (χ4v) is 2.29. The van der Waals surface area contributed by atoms with Crippen molar-refractivity contribution in [3.8, 4) is 5.75 Å². The second kappa shape index (κ2) is 4.75. The van der Waals surface area contributed by atoms with Crippen LogP contribution in [0.2, 0.25) is 0 Å². The Hall–Kier alpha value is -1.56. The van der Waals surface area contributed by atoms with Gasteiger partial charge in [0, 0.05) is 0 Å². The molecule has 0 unspecified atom stereocenters. The van der Waals surface area contributed by atoms with Crippen LogP contribution in [0.1, 0.15) is 25.7 Å². The van der Waals surface area contributed by atoms with E-state index in [-0.39, 0.29) is 23.5 Å². The van der Waals surface area contributed by atoms with E-state index in [9.17, 15) is 9.90 Å². The molecule has 1 aromatic rings. The lowest BCUT2D eigenvalue weighted by molar-refractivity contribution is 0.213. The predicted molar refractivity (Wildman–Crippen MR) is 63.3 cm³/mol. The van der Waals surface area contributed by atoms with Gasteiger partial charge in [0.1, 0.15) is 0 Å². The van der Waals surface area contributed by atoms with Crippen LogP contribution >= 0.6 is 0 Å². The van der Waals surface area contributed by atoms with E-state index < -0.39 is 0 Å². The van der Waals surface area contributed by atoms with Gasteiger partial charge in [-0.1, -0.05) is 12.8 Å². The number of H-pyrrole nitrogens is 1. The summed E-state index contributed by atoms with van der Waals surface area (Å²) in [6.07, 6.45) is 5.22. The van der Waals surface area contributed by atoms with E-state index in [1.54, 1.807) is 0 Å². The van der Waals surface area contributed by atoms with Crippen LogP contribution in [0, 0.1) is 0 Å². The number of aromatic nitrogens is 2. The first-order valence-corrected chi connectivity index (χ1v) is 5.71. The van der Waals surface area contributed by atoms with Gasteiger partial charge in [0.05, 0.1) is 25.6 Å². The first-order chi connectivity index (χ1) is 8.21. The number of anilines is 1. The zero-order chi connectivity index (χ0) is 12.3. The third-order valence-corrected chi connectivity index (χ3v) is 3.26. The highest BCUT2D eigenvalue weighted by atomic mass is 16.5. The molecule has 6 nitrogen and oxygen atoms in total. The standard InChI is InChI=1S/C11H17N3O3/c1-17-8-9(12-7-13-10(8)16)14-11(6-15)4-2-3-5-11/h7,15H,2-6H2,1H3,(H2,12,13,14,16). The van der Waals surface area contributed by atoms with Crippen molar-refractivity contribution in [2.45, 2.75) is 31.2 Å². The molecule has 0 radical (unpaired) electrons. The van der Waals surface area contributed by atoms with Gasteiger partial charge in [-0.25, -0.2) is 4.98 Å². The SMILES string of the molecule is COc1c(NC2(CO)CCCC2)nc[nH]c1=O. The summed E-state index contributed by atoms with van der Waals surface area (Å²) in [5.41, 5.74) is -0.690. The van der Waals surface area contributed by atoms with Crippen LogP contribution in [0.15, 0.2) is 11.1 Å². The molecule has 0 saturated heterocycles. The van der Waals surface area contributed by atoms with E-state index in [2.05, 4.69) is 15.3 Å². The molecule has 0 spiro atoms. The normalized spacial score (nSPS) is 18.0. The third kappa shape index (κ3) is 2.26. The van der Waals surface area contributed by atoms with Gasteiger partial charge < -0.3 is 20.1 Å². The minimum absolute atomic E-state index is 0.0324. The van der Waals surface area contributed by atoms with Gasteiger partial charge in [-0.3, -0.25) is 4.79 Å². The van der Waals surface area contributed by atoms with Gasteiger partial charge in [0.2, 0.25) is 5.75 Å². The van der Waals surface area contributed by atoms with Gasteiger partial charge in [0.25, 0.3) is 5.56 Å². The van der Waals surface area contributed by atoms with Crippen molar-refractivity contribution < 1.29 is 9.84 Å². The number of ether oxygens (including phenoxy) is 1. The van der Waals surface area contributed by atoms with Crippen LogP contribution in [0.5, 0.6) is 5.75 Å². The third-order valence-electron chi connectivity index (χ3n) is 3.26. The van der Waals surface area contributed by atoms with Crippen LogP contribution in [0.25, 0.3) is 0 Å². The molecule has 1 aliphatic rings. The smallest absolute Gasteiger partial charge is 0.295 e. The summed E-state index contributed by atoms with van der Waals surface area (Å²) in [6.45, 7) is 0.0324. The van der Waals surface area contributed by atoms with Crippen molar-refractivity contribution in [3.63, 3.8) is 0 Å². The number of hydrogen-bond acceptors (Lipinski definition) is 5. The van der Waals surface area contributed by atoms with Crippen LogP contribution in [0.3, 0.4) is 0 Å². The highest BCUT2D eigenvalue weighted by Crippen LogP contribution is 2.33. The molecule has 6 heteroatoms. The quantitative estimate of drug-likeness (QED) is 0.712.